The van der Waals surface area contributed by atoms with Crippen LogP contribution in [0.4, 0.5) is 14.9 Å². The average molecular weight is 372 g/mol. The van der Waals surface area contributed by atoms with E-state index in [1.165, 1.54) is 31.5 Å². The molecule has 1 saturated heterocycles. The number of likely N-dealkylation sites (tertiary alicyclic amines) is 1. The maximum Gasteiger partial charge on any atom is 0.322 e. The van der Waals surface area contributed by atoms with Crippen LogP contribution in [-0.2, 0) is 6.42 Å². The summed E-state index contributed by atoms with van der Waals surface area (Å²) in [4.78, 5) is 29.9. The lowest BCUT2D eigenvalue weighted by molar-refractivity contribution is 0.0996. The van der Waals surface area contributed by atoms with Crippen molar-refractivity contribution in [1.82, 2.24) is 9.88 Å². The summed E-state index contributed by atoms with van der Waals surface area (Å²) in [7, 11) is 1.38. The first-order valence-corrected chi connectivity index (χ1v) is 8.64. The summed E-state index contributed by atoms with van der Waals surface area (Å²) in [6.07, 6.45) is 3.71. The van der Waals surface area contributed by atoms with Gasteiger partial charge >= 0.3 is 6.03 Å². The van der Waals surface area contributed by atoms with Crippen molar-refractivity contribution in [3.63, 3.8) is 0 Å². The van der Waals surface area contributed by atoms with E-state index < -0.39 is 5.91 Å². The number of rotatable bonds is 5. The molecule has 1 aromatic heterocycles. The van der Waals surface area contributed by atoms with Gasteiger partial charge in [0.2, 0.25) is 5.88 Å². The van der Waals surface area contributed by atoms with Crippen LogP contribution in [0, 0.1) is 5.82 Å². The highest BCUT2D eigenvalue weighted by Crippen LogP contribution is 2.24. The number of ether oxygens (including phenoxy) is 1. The zero-order chi connectivity index (χ0) is 19.4. The Hall–Kier alpha value is -3.16. The van der Waals surface area contributed by atoms with Crippen molar-refractivity contribution in [2.24, 2.45) is 5.73 Å². The molecule has 3 rings (SSSR count). The molecule has 1 fully saturated rings. The molecule has 1 unspecified atom stereocenters. The normalized spacial score (nSPS) is 16.2. The van der Waals surface area contributed by atoms with E-state index in [4.69, 9.17) is 10.5 Å². The van der Waals surface area contributed by atoms with Crippen LogP contribution in [0.25, 0.3) is 0 Å². The summed E-state index contributed by atoms with van der Waals surface area (Å²) in [5.41, 5.74) is 6.61. The maximum atomic E-state index is 13.4. The van der Waals surface area contributed by atoms with E-state index in [9.17, 15) is 14.0 Å². The molecular formula is C19H21FN4O3. The molecule has 3 amide bonds. The van der Waals surface area contributed by atoms with E-state index in [2.05, 4.69) is 10.3 Å². The van der Waals surface area contributed by atoms with Crippen molar-refractivity contribution in [1.29, 1.82) is 0 Å². The van der Waals surface area contributed by atoms with Crippen LogP contribution < -0.4 is 15.8 Å². The van der Waals surface area contributed by atoms with Gasteiger partial charge in [0.15, 0.2) is 0 Å². The van der Waals surface area contributed by atoms with Gasteiger partial charge in [-0.1, -0.05) is 12.1 Å². The fourth-order valence-corrected chi connectivity index (χ4v) is 3.31. The number of methoxy groups -OCH3 is 1. The molecule has 0 aliphatic carbocycles. The van der Waals surface area contributed by atoms with Gasteiger partial charge in [-0.15, -0.1) is 0 Å². The van der Waals surface area contributed by atoms with E-state index in [0.29, 0.717) is 18.7 Å². The number of aromatic nitrogens is 1. The number of hydrogen-bond acceptors (Lipinski definition) is 4. The zero-order valence-electron chi connectivity index (χ0n) is 14.9. The summed E-state index contributed by atoms with van der Waals surface area (Å²) in [5.74, 6) is -0.879. The zero-order valence-corrected chi connectivity index (χ0v) is 14.9. The number of benzene rings is 1. The van der Waals surface area contributed by atoms with Crippen LogP contribution in [-0.4, -0.2) is 41.5 Å². The number of anilines is 1. The lowest BCUT2D eigenvalue weighted by Crippen LogP contribution is -2.39. The van der Waals surface area contributed by atoms with Crippen molar-refractivity contribution in [2.75, 3.05) is 19.0 Å². The highest BCUT2D eigenvalue weighted by atomic mass is 19.1. The molecule has 8 heteroatoms. The number of nitrogens with two attached hydrogens (primary N) is 1. The molecule has 0 bridgehead atoms. The van der Waals surface area contributed by atoms with Gasteiger partial charge in [-0.3, -0.25) is 4.79 Å². The summed E-state index contributed by atoms with van der Waals surface area (Å²) >= 11 is 0. The molecule has 3 N–H and O–H groups in total. The molecule has 7 nitrogen and oxygen atoms in total. The van der Waals surface area contributed by atoms with Crippen LogP contribution in [0.3, 0.4) is 0 Å². The Morgan fingerprint density at radius 1 is 1.41 bits per heavy atom. The van der Waals surface area contributed by atoms with E-state index in [1.807, 2.05) is 6.07 Å². The van der Waals surface area contributed by atoms with Gasteiger partial charge in [0.05, 0.1) is 19.0 Å². The number of hydrogen-bond donors (Lipinski definition) is 2. The molecule has 1 aliphatic heterocycles. The van der Waals surface area contributed by atoms with Gasteiger partial charge in [0.1, 0.15) is 11.4 Å². The van der Waals surface area contributed by atoms with E-state index in [0.717, 1.165) is 18.4 Å². The van der Waals surface area contributed by atoms with Crippen LogP contribution in [0.2, 0.25) is 0 Å². The molecule has 0 radical (unpaired) electrons. The van der Waals surface area contributed by atoms with Crippen molar-refractivity contribution >= 4 is 17.6 Å². The molecule has 0 spiro atoms. The standard InChI is InChI=1S/C19H21FN4O3/c1-27-18-16(17(21)25)10-14(11-22-18)23-19(26)24-7-3-6-15(24)9-12-4-2-5-13(20)8-12/h2,4-5,8,10-11,15H,3,6-7,9H2,1H3,(H2,21,25)(H,23,26). The third-order valence-corrected chi connectivity index (χ3v) is 4.56. The number of carbonyl (C=O) groups excluding carboxylic acids is 2. The Bertz CT molecular complexity index is 859. The number of halogens is 1. The van der Waals surface area contributed by atoms with Crippen LogP contribution in [0.1, 0.15) is 28.8 Å². The Labute approximate surface area is 156 Å². The summed E-state index contributed by atoms with van der Waals surface area (Å²) < 4.78 is 18.4. The molecule has 142 valence electrons. The quantitative estimate of drug-likeness (QED) is 0.843. The molecular weight excluding hydrogens is 351 g/mol. The van der Waals surface area contributed by atoms with E-state index in [1.54, 1.807) is 11.0 Å². The first kappa shape index (κ1) is 18.6. The smallest absolute Gasteiger partial charge is 0.322 e. The molecule has 2 aromatic rings. The van der Waals surface area contributed by atoms with Crippen molar-refractivity contribution in [3.8, 4) is 5.88 Å². The highest BCUT2D eigenvalue weighted by molar-refractivity contribution is 5.97. The van der Waals surface area contributed by atoms with Crippen molar-refractivity contribution < 1.29 is 18.7 Å². The van der Waals surface area contributed by atoms with Gasteiger partial charge in [-0.05, 0) is 43.0 Å². The third kappa shape index (κ3) is 4.33. The van der Waals surface area contributed by atoms with Crippen LogP contribution in [0.15, 0.2) is 36.5 Å². The minimum absolute atomic E-state index is 0.0198. The Morgan fingerprint density at radius 2 is 2.22 bits per heavy atom. The van der Waals surface area contributed by atoms with Gasteiger partial charge < -0.3 is 20.7 Å². The number of pyridine rings is 1. The molecule has 2 heterocycles. The number of primary amides is 1. The maximum absolute atomic E-state index is 13.4. The third-order valence-electron chi connectivity index (χ3n) is 4.56. The van der Waals surface area contributed by atoms with Crippen molar-refractivity contribution in [3.05, 3.63) is 53.5 Å². The van der Waals surface area contributed by atoms with Crippen molar-refractivity contribution in [2.45, 2.75) is 25.3 Å². The Kier molecular flexibility index (Phi) is 5.54. The lowest BCUT2D eigenvalue weighted by atomic mass is 10.0. The fraction of sp³-hybridized carbons (Fsp3) is 0.316. The fourth-order valence-electron chi connectivity index (χ4n) is 3.31. The van der Waals surface area contributed by atoms with Crippen LogP contribution >= 0.6 is 0 Å². The van der Waals surface area contributed by atoms with Gasteiger partial charge in [0, 0.05) is 12.6 Å². The number of amides is 3. The van der Waals surface area contributed by atoms with Gasteiger partial charge in [-0.25, -0.2) is 14.2 Å². The van der Waals surface area contributed by atoms with Crippen LogP contribution in [0.5, 0.6) is 5.88 Å². The highest BCUT2D eigenvalue weighted by Gasteiger charge is 2.29. The molecule has 1 atom stereocenters. The lowest BCUT2D eigenvalue weighted by Gasteiger charge is -2.25. The van der Waals surface area contributed by atoms with E-state index in [-0.39, 0.29) is 29.3 Å². The summed E-state index contributed by atoms with van der Waals surface area (Å²) in [6.45, 7) is 0.609. The first-order valence-electron chi connectivity index (χ1n) is 8.64. The largest absolute Gasteiger partial charge is 0.480 e. The predicted octanol–water partition coefficient (Wildman–Crippen LogP) is 2.57. The minimum Gasteiger partial charge on any atom is -0.480 e. The predicted molar refractivity (Wildman–Crippen MR) is 98.2 cm³/mol. The monoisotopic (exact) mass is 372 g/mol. The second kappa shape index (κ2) is 8.03. The van der Waals surface area contributed by atoms with Gasteiger partial charge in [-0.2, -0.15) is 0 Å². The molecule has 1 aromatic carbocycles. The molecule has 1 aliphatic rings. The summed E-state index contributed by atoms with van der Waals surface area (Å²) in [5, 5.41) is 2.74. The number of nitrogens with zero attached hydrogens (tertiary/aromatic N) is 2. The first-order chi connectivity index (χ1) is 13.0. The minimum atomic E-state index is -0.694. The van der Waals surface area contributed by atoms with E-state index >= 15 is 0 Å². The Morgan fingerprint density at radius 3 is 2.93 bits per heavy atom. The average Bonchev–Trinajstić information content (AvgIpc) is 3.10. The molecule has 27 heavy (non-hydrogen) atoms. The number of carbonyl (C=O) groups is 2. The summed E-state index contributed by atoms with van der Waals surface area (Å²) in [6, 6.07) is 7.52. The number of nitrogens with one attached hydrogen (secondary N) is 1. The topological polar surface area (TPSA) is 97.6 Å². The second-order valence-corrected chi connectivity index (χ2v) is 6.40. The molecule has 0 saturated carbocycles. The Balaban J connectivity index is 1.71. The SMILES string of the molecule is COc1ncc(NC(=O)N2CCCC2Cc2cccc(F)c2)cc1C(N)=O. The van der Waals surface area contributed by atoms with Gasteiger partial charge in [0.25, 0.3) is 5.91 Å². The second-order valence-electron chi connectivity index (χ2n) is 6.40. The number of urea groups is 1.